The Kier molecular flexibility index (Phi) is 10.2. The molecule has 7 rings (SSSR count). The molecule has 11 nitrogen and oxygen atoms in total. The zero-order valence-electron chi connectivity index (χ0n) is 31.2. The molecule has 1 fully saturated rings. The highest BCUT2D eigenvalue weighted by atomic mass is 28.4. The van der Waals surface area contributed by atoms with Crippen LogP contribution in [0.1, 0.15) is 54.1 Å². The summed E-state index contributed by atoms with van der Waals surface area (Å²) < 4.78 is 11.8. The van der Waals surface area contributed by atoms with Crippen LogP contribution >= 0.6 is 0 Å². The lowest BCUT2D eigenvalue weighted by Gasteiger charge is -2.33. The van der Waals surface area contributed by atoms with Crippen LogP contribution < -0.4 is 9.80 Å². The second-order valence-electron chi connectivity index (χ2n) is 15.1. The standard InChI is InChI=1S/C42H47N3O8Si/c1-27-39(54(3,4)51)35(25-36(47)43(22-23-46)26-28-12-6-5-7-13-28)53-42(27)32-24-30(19-20-33(32)44(41(42)50)21-9-8-18-37(48)52-2)45-34-17-11-15-29-14-10-16-31(38(29)34)40(45)49/h5-7,10-17,19-20,24,27,35,39,46,51H,8-9,18,21-23,25-26H2,1-4H3/t27-,35+,39-,42+/m1/s1. The van der Waals surface area contributed by atoms with Crippen LogP contribution in [0.15, 0.2) is 84.9 Å². The van der Waals surface area contributed by atoms with Gasteiger partial charge in [-0.05, 0) is 67.2 Å². The quantitative estimate of drug-likeness (QED) is 0.0961. The van der Waals surface area contributed by atoms with Gasteiger partial charge >= 0.3 is 5.97 Å². The van der Waals surface area contributed by atoms with Gasteiger partial charge in [-0.25, -0.2) is 0 Å². The van der Waals surface area contributed by atoms with Gasteiger partial charge in [-0.15, -0.1) is 0 Å². The Balaban J connectivity index is 1.28. The van der Waals surface area contributed by atoms with Crippen molar-refractivity contribution in [3.8, 4) is 0 Å². The molecule has 4 aromatic rings. The smallest absolute Gasteiger partial charge is 0.305 e. The van der Waals surface area contributed by atoms with Gasteiger partial charge in [0, 0.05) is 54.2 Å². The van der Waals surface area contributed by atoms with Crippen molar-refractivity contribution < 1.29 is 38.6 Å². The molecular weight excluding hydrogens is 703 g/mol. The van der Waals surface area contributed by atoms with Crippen LogP contribution in [-0.4, -0.2) is 79.7 Å². The molecule has 0 bridgehead atoms. The number of unbranched alkanes of at least 4 members (excludes halogenated alkanes) is 1. The lowest BCUT2D eigenvalue weighted by atomic mass is 9.82. The van der Waals surface area contributed by atoms with Crippen LogP contribution in [0.25, 0.3) is 10.8 Å². The third kappa shape index (κ3) is 6.40. The third-order valence-corrected chi connectivity index (χ3v) is 13.8. The summed E-state index contributed by atoms with van der Waals surface area (Å²) in [4.78, 5) is 71.8. The fourth-order valence-electron chi connectivity index (χ4n) is 8.96. The fourth-order valence-corrected chi connectivity index (χ4v) is 11.5. The van der Waals surface area contributed by atoms with Gasteiger partial charge in [-0.1, -0.05) is 61.5 Å². The van der Waals surface area contributed by atoms with Crippen LogP contribution in [0.4, 0.5) is 17.1 Å². The average Bonchev–Trinajstić information content (AvgIpc) is 3.71. The second-order valence-corrected chi connectivity index (χ2v) is 19.1. The van der Waals surface area contributed by atoms with E-state index in [2.05, 4.69) is 0 Å². The molecular formula is C42H47N3O8Si. The number of aliphatic hydroxyl groups is 1. The number of ether oxygens (including phenoxy) is 2. The number of fused-ring (bicyclic) bond motifs is 2. The van der Waals surface area contributed by atoms with Crippen molar-refractivity contribution in [1.82, 2.24) is 4.90 Å². The van der Waals surface area contributed by atoms with Crippen molar-refractivity contribution in [2.45, 2.75) is 69.5 Å². The molecule has 282 valence electrons. The lowest BCUT2D eigenvalue weighted by molar-refractivity contribution is -0.149. The largest absolute Gasteiger partial charge is 0.469 e. The van der Waals surface area contributed by atoms with Gasteiger partial charge in [-0.3, -0.25) is 24.1 Å². The number of anilines is 3. The van der Waals surface area contributed by atoms with E-state index in [4.69, 9.17) is 9.47 Å². The molecule has 4 aromatic carbocycles. The van der Waals surface area contributed by atoms with Gasteiger partial charge in [-0.2, -0.15) is 0 Å². The maximum Gasteiger partial charge on any atom is 0.305 e. The molecule has 4 atom stereocenters. The van der Waals surface area contributed by atoms with Crippen LogP contribution in [0.5, 0.6) is 0 Å². The van der Waals surface area contributed by atoms with Gasteiger partial charge in [0.2, 0.25) is 5.91 Å². The molecule has 1 saturated heterocycles. The van der Waals surface area contributed by atoms with Crippen molar-refractivity contribution in [2.75, 3.05) is 36.6 Å². The first-order valence-electron chi connectivity index (χ1n) is 18.6. The minimum atomic E-state index is -3.12. The summed E-state index contributed by atoms with van der Waals surface area (Å²) in [6, 6.07) is 26.6. The summed E-state index contributed by atoms with van der Waals surface area (Å²) in [5, 5.41) is 11.7. The molecule has 0 unspecified atom stereocenters. The highest BCUT2D eigenvalue weighted by molar-refractivity contribution is 6.71. The van der Waals surface area contributed by atoms with E-state index >= 15 is 4.79 Å². The zero-order valence-corrected chi connectivity index (χ0v) is 32.2. The number of carbonyl (C=O) groups excluding carboxylic acids is 4. The van der Waals surface area contributed by atoms with Crippen molar-refractivity contribution >= 4 is 59.8 Å². The maximum absolute atomic E-state index is 15.0. The van der Waals surface area contributed by atoms with Gasteiger partial charge in [0.25, 0.3) is 11.8 Å². The Hall–Kier alpha value is -4.88. The van der Waals surface area contributed by atoms with Gasteiger partial charge in [0.15, 0.2) is 13.9 Å². The number of amides is 3. The minimum absolute atomic E-state index is 0.0933. The third-order valence-electron chi connectivity index (χ3n) is 11.3. The van der Waals surface area contributed by atoms with Crippen molar-refractivity contribution in [3.63, 3.8) is 0 Å². The monoisotopic (exact) mass is 749 g/mol. The van der Waals surface area contributed by atoms with Crippen LogP contribution in [0, 0.1) is 5.92 Å². The fraction of sp³-hybridized carbons (Fsp3) is 0.381. The van der Waals surface area contributed by atoms with E-state index < -0.39 is 31.5 Å². The number of hydrogen-bond acceptors (Lipinski definition) is 8. The summed E-state index contributed by atoms with van der Waals surface area (Å²) in [7, 11) is -1.77. The van der Waals surface area contributed by atoms with E-state index in [9.17, 15) is 24.3 Å². The summed E-state index contributed by atoms with van der Waals surface area (Å²) in [5.41, 5.74) is 1.97. The number of benzene rings is 4. The minimum Gasteiger partial charge on any atom is -0.469 e. The average molecular weight is 750 g/mol. The van der Waals surface area contributed by atoms with Gasteiger partial charge < -0.3 is 29.2 Å². The molecule has 3 amide bonds. The van der Waals surface area contributed by atoms with Gasteiger partial charge in [0.05, 0.1) is 43.2 Å². The number of aliphatic hydroxyl groups excluding tert-OH is 1. The molecule has 3 aliphatic rings. The first kappa shape index (κ1) is 37.4. The number of esters is 1. The molecule has 0 radical (unpaired) electrons. The number of carbonyl (C=O) groups is 4. The van der Waals surface area contributed by atoms with Crippen LogP contribution in [0.2, 0.25) is 18.6 Å². The zero-order chi connectivity index (χ0) is 38.4. The normalized spacial score (nSPS) is 21.7. The number of hydrogen-bond donors (Lipinski definition) is 2. The lowest BCUT2D eigenvalue weighted by Crippen LogP contribution is -2.46. The SMILES string of the molecule is COC(=O)CCCCN1C(=O)[C@@]2(O[C@@H](CC(=O)N(CCO)Cc3ccccc3)[C@H]([Si](C)(C)O)[C@H]2C)c2cc(N3C(=O)c4cccc5cccc3c45)ccc21. The summed E-state index contributed by atoms with van der Waals surface area (Å²) in [6.07, 6.45) is 0.355. The molecule has 1 spiro atoms. The summed E-state index contributed by atoms with van der Waals surface area (Å²) in [5.74, 6) is -1.59. The van der Waals surface area contributed by atoms with Gasteiger partial charge in [0.1, 0.15) is 0 Å². The Bertz CT molecular complexity index is 2100. The van der Waals surface area contributed by atoms with Crippen molar-refractivity contribution in [2.24, 2.45) is 5.92 Å². The molecule has 54 heavy (non-hydrogen) atoms. The Labute approximate surface area is 316 Å². The highest BCUT2D eigenvalue weighted by Crippen LogP contribution is 2.60. The topological polar surface area (TPSA) is 137 Å². The molecule has 3 aliphatic heterocycles. The van der Waals surface area contributed by atoms with E-state index in [0.717, 1.165) is 22.0 Å². The van der Waals surface area contributed by atoms with Crippen molar-refractivity contribution in [3.05, 3.63) is 102 Å². The van der Waals surface area contributed by atoms with Crippen LogP contribution in [-0.2, 0) is 36.0 Å². The molecule has 12 heteroatoms. The van der Waals surface area contributed by atoms with E-state index in [0.29, 0.717) is 48.4 Å². The van der Waals surface area contributed by atoms with Crippen LogP contribution in [0.3, 0.4) is 0 Å². The Morgan fingerprint density at radius 2 is 1.70 bits per heavy atom. The van der Waals surface area contributed by atoms with E-state index in [1.54, 1.807) is 14.7 Å². The Morgan fingerprint density at radius 3 is 2.41 bits per heavy atom. The number of methoxy groups -OCH3 is 1. The first-order chi connectivity index (χ1) is 25.9. The summed E-state index contributed by atoms with van der Waals surface area (Å²) in [6.45, 7) is 6.04. The van der Waals surface area contributed by atoms with E-state index in [-0.39, 0.29) is 49.7 Å². The molecule has 3 heterocycles. The number of nitrogens with zero attached hydrogens (tertiary/aromatic N) is 3. The maximum atomic E-state index is 15.0. The Morgan fingerprint density at radius 1 is 0.963 bits per heavy atom. The highest BCUT2D eigenvalue weighted by Gasteiger charge is 2.66. The molecule has 0 aliphatic carbocycles. The second kappa shape index (κ2) is 14.7. The first-order valence-corrected chi connectivity index (χ1v) is 21.7. The predicted molar refractivity (Wildman–Crippen MR) is 208 cm³/mol. The van der Waals surface area contributed by atoms with E-state index in [1.807, 2.05) is 105 Å². The predicted octanol–water partition coefficient (Wildman–Crippen LogP) is 6.03. The molecule has 2 N–H and O–H groups in total. The molecule has 0 saturated carbocycles. The van der Waals surface area contributed by atoms with Crippen molar-refractivity contribution in [1.29, 1.82) is 0 Å². The molecule has 0 aromatic heterocycles. The number of rotatable bonds is 13. The van der Waals surface area contributed by atoms with E-state index in [1.165, 1.54) is 7.11 Å². The summed E-state index contributed by atoms with van der Waals surface area (Å²) >= 11 is 0.